The second-order valence-electron chi connectivity index (χ2n) is 15.6. The first-order valence-electron chi connectivity index (χ1n) is 20.7. The maximum Gasteiger partial charge on any atom is 0.326 e. The Labute approximate surface area is 360 Å². The molecule has 332 valence electrons. The number of aromatic amines is 1. The molecule has 0 bridgehead atoms. The molecule has 4 aromatic rings. The van der Waals surface area contributed by atoms with Crippen LogP contribution in [0.4, 0.5) is 0 Å². The molecular formula is C45H58N8O9. The van der Waals surface area contributed by atoms with Crippen molar-refractivity contribution in [3.63, 3.8) is 0 Å². The molecular weight excluding hydrogens is 797 g/mol. The largest absolute Gasteiger partial charge is 0.481 e. The van der Waals surface area contributed by atoms with Gasteiger partial charge < -0.3 is 53.2 Å². The molecule has 0 aliphatic carbocycles. The molecule has 5 amide bonds. The Hall–Kier alpha value is -6.59. The Kier molecular flexibility index (Phi) is 18.6. The SMILES string of the molecule is CC(C)[C@H](NC(=O)[C@@H](N)CCCCN)C(=O)N[C@@H](Cc1c[nH]c2ccccc12)C(=O)N[C@@H](Cc1ccccc1)C(=O)N[C@@H](Cc1ccccc1)C(=O)N[C@@H](CCC(=O)O)C(=O)O. The molecule has 6 atom stereocenters. The van der Waals surface area contributed by atoms with E-state index in [0.717, 1.165) is 10.9 Å². The lowest BCUT2D eigenvalue weighted by atomic mass is 9.99. The van der Waals surface area contributed by atoms with Gasteiger partial charge in [0.15, 0.2) is 0 Å². The third-order valence-electron chi connectivity index (χ3n) is 10.4. The molecule has 1 heterocycles. The van der Waals surface area contributed by atoms with Crippen LogP contribution in [0.1, 0.15) is 62.6 Å². The summed E-state index contributed by atoms with van der Waals surface area (Å²) >= 11 is 0. The summed E-state index contributed by atoms with van der Waals surface area (Å²) < 4.78 is 0. The molecule has 0 aliphatic rings. The number of H-pyrrole nitrogens is 1. The highest BCUT2D eigenvalue weighted by Crippen LogP contribution is 2.20. The van der Waals surface area contributed by atoms with Crippen molar-refractivity contribution < 1.29 is 43.8 Å². The predicted octanol–water partition coefficient (Wildman–Crippen LogP) is 1.68. The zero-order chi connectivity index (χ0) is 45.2. The van der Waals surface area contributed by atoms with Crippen LogP contribution >= 0.6 is 0 Å². The van der Waals surface area contributed by atoms with Crippen LogP contribution in [-0.4, -0.2) is 99.5 Å². The lowest BCUT2D eigenvalue weighted by Gasteiger charge is -2.28. The fourth-order valence-corrected chi connectivity index (χ4v) is 6.89. The number of hydrogen-bond acceptors (Lipinski definition) is 9. The van der Waals surface area contributed by atoms with E-state index >= 15 is 0 Å². The minimum Gasteiger partial charge on any atom is -0.481 e. The Balaban J connectivity index is 1.66. The zero-order valence-corrected chi connectivity index (χ0v) is 35.0. The van der Waals surface area contributed by atoms with E-state index < -0.39 is 96.5 Å². The van der Waals surface area contributed by atoms with E-state index in [0.29, 0.717) is 42.5 Å². The van der Waals surface area contributed by atoms with Crippen LogP contribution in [0.2, 0.25) is 0 Å². The molecule has 0 aliphatic heterocycles. The van der Waals surface area contributed by atoms with Gasteiger partial charge in [-0.1, -0.05) is 99.1 Å². The predicted molar refractivity (Wildman–Crippen MR) is 232 cm³/mol. The van der Waals surface area contributed by atoms with Gasteiger partial charge in [0.1, 0.15) is 30.2 Å². The molecule has 62 heavy (non-hydrogen) atoms. The second-order valence-corrected chi connectivity index (χ2v) is 15.6. The van der Waals surface area contributed by atoms with Crippen LogP contribution < -0.4 is 38.1 Å². The number of hydrogen-bond donors (Lipinski definition) is 10. The maximum atomic E-state index is 14.5. The average molecular weight is 855 g/mol. The number of amides is 5. The summed E-state index contributed by atoms with van der Waals surface area (Å²) in [5.41, 5.74) is 14.5. The molecule has 0 saturated heterocycles. The number of unbranched alkanes of at least 4 members (excludes halogenated alkanes) is 1. The molecule has 1 aromatic heterocycles. The first kappa shape index (κ1) is 48.1. The molecule has 17 heteroatoms. The number of nitrogens with one attached hydrogen (secondary N) is 6. The minimum absolute atomic E-state index is 0.0232. The van der Waals surface area contributed by atoms with Gasteiger partial charge in [0.05, 0.1) is 6.04 Å². The third kappa shape index (κ3) is 14.8. The fraction of sp³-hybridized carbons (Fsp3) is 0.400. The second kappa shape index (κ2) is 24.0. The maximum absolute atomic E-state index is 14.5. The van der Waals surface area contributed by atoms with Crippen molar-refractivity contribution in [2.75, 3.05) is 6.54 Å². The topological polar surface area (TPSA) is 288 Å². The van der Waals surface area contributed by atoms with E-state index in [-0.39, 0.29) is 19.3 Å². The number of carbonyl (C=O) groups excluding carboxylic acids is 5. The molecule has 4 rings (SSSR count). The zero-order valence-electron chi connectivity index (χ0n) is 35.0. The van der Waals surface area contributed by atoms with Crippen LogP contribution in [0.5, 0.6) is 0 Å². The first-order valence-corrected chi connectivity index (χ1v) is 20.7. The number of benzene rings is 3. The van der Waals surface area contributed by atoms with Gasteiger partial charge in [-0.2, -0.15) is 0 Å². The number of fused-ring (bicyclic) bond motifs is 1. The van der Waals surface area contributed by atoms with Crippen molar-refractivity contribution in [3.05, 3.63) is 108 Å². The van der Waals surface area contributed by atoms with E-state index in [9.17, 15) is 38.7 Å². The standard InChI is InChI=1S/C45H58N8O9/c1-27(2)39(53-40(56)32(47)18-11-12-22-46)44(60)52-37(25-30-26-48-33-19-10-9-17-31(30)33)43(59)51-36(24-29-15-7-4-8-16-29)42(58)50-35(23-28-13-5-3-6-14-28)41(57)49-34(45(61)62)20-21-38(54)55/h3-10,13-17,19,26-27,32,34-37,39,48H,11-12,18,20-25,46-47H2,1-2H3,(H,49,57)(H,50,58)(H,51,59)(H,52,60)(H,53,56)(H,54,55)(H,61,62)/t32-,34-,35-,36-,37-,39-/m0/s1. The van der Waals surface area contributed by atoms with Gasteiger partial charge in [0.2, 0.25) is 29.5 Å². The van der Waals surface area contributed by atoms with Crippen molar-refractivity contribution >= 4 is 52.4 Å². The van der Waals surface area contributed by atoms with Gasteiger partial charge in [-0.05, 0) is 54.5 Å². The van der Waals surface area contributed by atoms with Crippen molar-refractivity contribution in [2.24, 2.45) is 17.4 Å². The lowest BCUT2D eigenvalue weighted by molar-refractivity contribution is -0.143. The minimum atomic E-state index is -1.56. The number of carboxylic acid groups (broad SMARTS) is 2. The van der Waals surface area contributed by atoms with Crippen LogP contribution in [0.15, 0.2) is 91.1 Å². The molecule has 0 unspecified atom stereocenters. The highest BCUT2D eigenvalue weighted by molar-refractivity contribution is 5.97. The van der Waals surface area contributed by atoms with E-state index in [1.165, 1.54) is 0 Å². The molecule has 0 saturated carbocycles. The summed E-state index contributed by atoms with van der Waals surface area (Å²) in [6, 6.07) is 17.4. The van der Waals surface area contributed by atoms with Gasteiger partial charge in [-0.15, -0.1) is 0 Å². The van der Waals surface area contributed by atoms with Crippen LogP contribution in [0, 0.1) is 5.92 Å². The van der Waals surface area contributed by atoms with E-state index in [1.54, 1.807) is 80.7 Å². The number of aromatic nitrogens is 1. The molecule has 0 fully saturated rings. The summed E-state index contributed by atoms with van der Waals surface area (Å²) in [4.78, 5) is 96.3. The Morgan fingerprint density at radius 3 is 1.61 bits per heavy atom. The number of carbonyl (C=O) groups is 7. The summed E-state index contributed by atoms with van der Waals surface area (Å²) in [5.74, 6) is -6.70. The lowest BCUT2D eigenvalue weighted by Crippen LogP contribution is -2.60. The number of nitrogens with two attached hydrogens (primary N) is 2. The van der Waals surface area contributed by atoms with Crippen molar-refractivity contribution in [1.82, 2.24) is 31.6 Å². The molecule has 3 aromatic carbocycles. The Morgan fingerprint density at radius 1 is 0.597 bits per heavy atom. The van der Waals surface area contributed by atoms with Gasteiger partial charge in [-0.25, -0.2) is 4.79 Å². The normalized spacial score (nSPS) is 14.1. The third-order valence-corrected chi connectivity index (χ3v) is 10.4. The van der Waals surface area contributed by atoms with E-state index in [4.69, 9.17) is 16.6 Å². The van der Waals surface area contributed by atoms with Crippen LogP contribution in [0.3, 0.4) is 0 Å². The Morgan fingerprint density at radius 2 is 1.10 bits per heavy atom. The highest BCUT2D eigenvalue weighted by atomic mass is 16.4. The number of aliphatic carboxylic acids is 2. The first-order chi connectivity index (χ1) is 29.7. The number of carboxylic acids is 2. The molecule has 12 N–H and O–H groups in total. The smallest absolute Gasteiger partial charge is 0.326 e. The fourth-order valence-electron chi connectivity index (χ4n) is 6.89. The average Bonchev–Trinajstić information content (AvgIpc) is 3.66. The summed E-state index contributed by atoms with van der Waals surface area (Å²) in [6.07, 6.45) is 2.33. The highest BCUT2D eigenvalue weighted by Gasteiger charge is 2.34. The number of para-hydroxylation sites is 1. The summed E-state index contributed by atoms with van der Waals surface area (Å²) in [7, 11) is 0. The van der Waals surface area contributed by atoms with Gasteiger partial charge in [0, 0.05) is 42.8 Å². The van der Waals surface area contributed by atoms with Crippen molar-refractivity contribution in [1.29, 1.82) is 0 Å². The van der Waals surface area contributed by atoms with E-state index in [1.807, 2.05) is 24.3 Å². The van der Waals surface area contributed by atoms with Crippen LogP contribution in [0.25, 0.3) is 10.9 Å². The van der Waals surface area contributed by atoms with Gasteiger partial charge >= 0.3 is 11.9 Å². The number of rotatable bonds is 25. The molecule has 17 nitrogen and oxygen atoms in total. The quantitative estimate of drug-likeness (QED) is 0.0428. The monoisotopic (exact) mass is 854 g/mol. The van der Waals surface area contributed by atoms with Crippen molar-refractivity contribution in [2.45, 2.75) is 101 Å². The van der Waals surface area contributed by atoms with Crippen LogP contribution in [-0.2, 0) is 52.8 Å². The van der Waals surface area contributed by atoms with E-state index in [2.05, 4.69) is 31.6 Å². The summed E-state index contributed by atoms with van der Waals surface area (Å²) in [6.45, 7) is 3.94. The summed E-state index contributed by atoms with van der Waals surface area (Å²) in [5, 5.41) is 33.1. The van der Waals surface area contributed by atoms with Gasteiger partial charge in [0.25, 0.3) is 0 Å². The molecule has 0 radical (unpaired) electrons. The van der Waals surface area contributed by atoms with Gasteiger partial charge in [-0.3, -0.25) is 28.8 Å². The molecule has 0 spiro atoms. The van der Waals surface area contributed by atoms with Crippen molar-refractivity contribution in [3.8, 4) is 0 Å². The Bertz CT molecular complexity index is 2130.